The highest BCUT2D eigenvalue weighted by atomic mass is 19.4. The fourth-order valence-corrected chi connectivity index (χ4v) is 15.4. The lowest BCUT2D eigenvalue weighted by molar-refractivity contribution is -0.138. The molecule has 6 amide bonds. The minimum atomic E-state index is -4.48. The molecule has 22 nitrogen and oxygen atoms in total. The predicted octanol–water partition coefficient (Wildman–Crippen LogP) is 18.5. The second kappa shape index (κ2) is 35.6. The predicted molar refractivity (Wildman–Crippen MR) is 432 cm³/mol. The molecule has 15 rings (SSSR count). The van der Waals surface area contributed by atoms with Gasteiger partial charge in [0.15, 0.2) is 17.5 Å². The van der Waals surface area contributed by atoms with Crippen LogP contribution in [0.3, 0.4) is 0 Å². The first kappa shape index (κ1) is 83.6. The molecule has 12 heterocycles. The summed E-state index contributed by atoms with van der Waals surface area (Å²) in [5.74, 6) is 2.60. The quantitative estimate of drug-likeness (QED) is 0.0502. The molecular weight excluding hydrogens is 1530 g/mol. The normalized spacial score (nSPS) is 17.5. The summed E-state index contributed by atoms with van der Waals surface area (Å²) in [4.78, 5) is 79.8. The van der Waals surface area contributed by atoms with E-state index >= 15 is 0 Å². The number of nitrogens with one attached hydrogen (secondary N) is 3. The van der Waals surface area contributed by atoms with Crippen molar-refractivity contribution in [2.75, 3.05) is 111 Å². The number of aryl methyl sites for hydroxylation is 4. The lowest BCUT2D eigenvalue weighted by Crippen LogP contribution is -2.56. The number of amides is 6. The van der Waals surface area contributed by atoms with E-state index < -0.39 is 47.3 Å². The topological polar surface area (TPSA) is 243 Å². The van der Waals surface area contributed by atoms with Gasteiger partial charge in [0.05, 0.1) is 112 Å². The Kier molecular flexibility index (Phi) is 25.5. The average molecular weight is 1620 g/mol. The first-order valence-electron chi connectivity index (χ1n) is 39.4. The number of hydrogen-bond donors (Lipinski definition) is 5. The van der Waals surface area contributed by atoms with Crippen molar-refractivity contribution in [1.82, 2.24) is 29.9 Å². The number of nitrogens with zero attached hydrogens (tertiary/aromatic N) is 12. The number of aliphatic hydroxyl groups excluding tert-OH is 2. The first-order valence-corrected chi connectivity index (χ1v) is 39.4. The number of rotatable bonds is 18. The van der Waals surface area contributed by atoms with Crippen LogP contribution in [-0.2, 0) is 24.9 Å². The third kappa shape index (κ3) is 19.5. The maximum atomic E-state index is 13.7. The Bertz CT molecular complexity index is 4850. The largest absolute Gasteiger partial charge is 0.492 e. The van der Waals surface area contributed by atoms with Crippen LogP contribution in [0.4, 0.5) is 105 Å². The summed E-state index contributed by atoms with van der Waals surface area (Å²) in [7, 11) is 0. The fourth-order valence-electron chi connectivity index (χ4n) is 15.4. The summed E-state index contributed by atoms with van der Waals surface area (Å²) < 4.78 is 132. The maximum absolute atomic E-state index is 13.7. The van der Waals surface area contributed by atoms with E-state index in [0.717, 1.165) is 153 Å². The molecule has 117 heavy (non-hydrogen) atoms. The Balaban J connectivity index is 0.000000152. The summed E-state index contributed by atoms with van der Waals surface area (Å²) in [6.45, 7) is 18.6. The lowest BCUT2D eigenvalue weighted by Gasteiger charge is -2.46. The number of fused-ring (bicyclic) bond motifs is 12. The highest BCUT2D eigenvalue weighted by Crippen LogP contribution is 2.47. The maximum Gasteiger partial charge on any atom is 0.416 e. The van der Waals surface area contributed by atoms with E-state index in [2.05, 4.69) is 59.4 Å². The zero-order chi connectivity index (χ0) is 83.2. The Morgan fingerprint density at radius 1 is 0.487 bits per heavy atom. The van der Waals surface area contributed by atoms with E-state index in [-0.39, 0.29) is 55.8 Å². The summed E-state index contributed by atoms with van der Waals surface area (Å²) in [6, 6.07) is 28.3. The van der Waals surface area contributed by atoms with E-state index in [1.807, 2.05) is 65.0 Å². The molecule has 31 heteroatoms. The summed E-state index contributed by atoms with van der Waals surface area (Å²) in [5, 5.41) is 27.2. The van der Waals surface area contributed by atoms with Crippen molar-refractivity contribution in [2.45, 2.75) is 143 Å². The van der Waals surface area contributed by atoms with Gasteiger partial charge in [-0.3, -0.25) is 24.7 Å². The number of hydrogen-bond acceptors (Lipinski definition) is 16. The third-order valence-electron chi connectivity index (χ3n) is 21.8. The van der Waals surface area contributed by atoms with Crippen molar-refractivity contribution in [3.8, 4) is 45.4 Å². The number of ether oxygens (including phenoxy) is 2. The smallest absolute Gasteiger partial charge is 0.416 e. The second-order valence-corrected chi connectivity index (χ2v) is 30.9. The number of carbonyl (C=O) groups excluding carboxylic acids is 3. The van der Waals surface area contributed by atoms with Gasteiger partial charge in [0, 0.05) is 111 Å². The molecule has 0 aliphatic carbocycles. The van der Waals surface area contributed by atoms with E-state index in [4.69, 9.17) is 24.4 Å². The number of aromatic nitrogens is 6. The zero-order valence-electron chi connectivity index (χ0n) is 66.0. The molecule has 6 atom stereocenters. The van der Waals surface area contributed by atoms with Crippen LogP contribution < -0.4 is 54.8 Å². The number of halogens is 9. The number of anilines is 9. The van der Waals surface area contributed by atoms with E-state index in [1.165, 1.54) is 36.8 Å². The van der Waals surface area contributed by atoms with E-state index in [1.54, 1.807) is 57.3 Å². The van der Waals surface area contributed by atoms with Gasteiger partial charge in [0.25, 0.3) is 0 Å². The number of urea groups is 3. The van der Waals surface area contributed by atoms with Crippen molar-refractivity contribution < 1.29 is 73.6 Å². The van der Waals surface area contributed by atoms with Gasteiger partial charge in [-0.2, -0.15) is 39.5 Å². The fraction of sp³-hybridized carbons (Fsp3) is 0.407. The lowest BCUT2D eigenvalue weighted by atomic mass is 9.97. The minimum absolute atomic E-state index is 0.00834. The summed E-state index contributed by atoms with van der Waals surface area (Å²) in [6.07, 6.45) is 1.04. The molecule has 3 fully saturated rings. The number of piperidine rings is 3. The zero-order valence-corrected chi connectivity index (χ0v) is 66.0. The molecule has 6 aliphatic rings. The molecule has 0 unspecified atom stereocenters. The van der Waals surface area contributed by atoms with Gasteiger partial charge in [0.1, 0.15) is 5.75 Å². The van der Waals surface area contributed by atoms with Gasteiger partial charge in [0.2, 0.25) is 5.88 Å². The first-order chi connectivity index (χ1) is 55.9. The number of pyridine rings is 6. The van der Waals surface area contributed by atoms with Gasteiger partial charge in [-0.1, -0.05) is 70.5 Å². The molecule has 5 N–H and O–H groups in total. The molecule has 0 radical (unpaired) electrons. The van der Waals surface area contributed by atoms with Crippen molar-refractivity contribution >= 4 is 69.7 Å². The highest BCUT2D eigenvalue weighted by molar-refractivity contribution is 6.07. The van der Waals surface area contributed by atoms with Gasteiger partial charge in [-0.15, -0.1) is 0 Å². The van der Waals surface area contributed by atoms with Crippen molar-refractivity contribution in [3.63, 3.8) is 0 Å². The van der Waals surface area contributed by atoms with Gasteiger partial charge < -0.3 is 50.3 Å². The molecule has 3 saturated heterocycles. The summed E-state index contributed by atoms with van der Waals surface area (Å²) >= 11 is 0. The number of alkyl halides is 9. The van der Waals surface area contributed by atoms with Crippen LogP contribution in [0.2, 0.25) is 0 Å². The molecule has 6 aromatic heterocycles. The standard InChI is InChI=1S/C30H34F3N5O.2C28H30F3N5O3/c1-4-19(2)10-11-23-12-13-24(17-34-23)35-29(39)38-25-9-6-14-37(18-25)26-15-20(3)27(36-28(26)38)21-7-5-8-22(16-21)30(31,32)33;1-17(15-37)16-39-24-13-21(8-9-32-24)33-27(38)36-22-7-4-10-35(14-22)23-11-18(2)25(34-26(23)36)19-5-3-6-20(12-19)28(29,30)31;1-17(15-37)16-39-23-11-21(12-32-13-23)33-27(38)36-22-7-4-8-35(14-22)24-9-18(2)25(34-26(24)36)19-5-3-6-20(10-19)28(29,30)31/h5,7-8,12-13,15-17,19,25H,4,6,9-11,14,18H2,1-3H3,(H,35,39);3,5-6,8-9,11-13,17,22,37H,4,7,10,14-16H2,1-2H3,(H,32,33,38);3,5-6,9-13,17,22,37H,4,7-8,14-16H2,1-2H3,(H,33,38)/t19-,25-;17-,22-;17-,22+/m001/s1. The van der Waals surface area contributed by atoms with Crippen LogP contribution in [0.25, 0.3) is 33.8 Å². The van der Waals surface area contributed by atoms with Crippen LogP contribution in [0.5, 0.6) is 11.6 Å². The number of benzene rings is 3. The molecule has 0 saturated carbocycles. The van der Waals surface area contributed by atoms with Gasteiger partial charge in [-0.05, 0) is 168 Å². The van der Waals surface area contributed by atoms with Crippen LogP contribution >= 0.6 is 0 Å². The molecule has 3 aromatic carbocycles. The van der Waals surface area contributed by atoms with Crippen molar-refractivity contribution in [1.29, 1.82) is 0 Å². The number of aliphatic hydroxyl groups is 2. The average Bonchev–Trinajstić information content (AvgIpc) is 0.755. The van der Waals surface area contributed by atoms with Gasteiger partial charge in [-0.25, -0.2) is 34.3 Å². The molecule has 9 aromatic rings. The van der Waals surface area contributed by atoms with E-state index in [0.29, 0.717) is 112 Å². The molecule has 6 aliphatic heterocycles. The van der Waals surface area contributed by atoms with Crippen LogP contribution in [0, 0.1) is 38.5 Å². The minimum Gasteiger partial charge on any atom is -0.492 e. The highest BCUT2D eigenvalue weighted by Gasteiger charge is 2.44. The Hall–Kier alpha value is -11.3. The Labute approximate surface area is 672 Å². The molecule has 0 spiro atoms. The monoisotopic (exact) mass is 1620 g/mol. The van der Waals surface area contributed by atoms with Crippen molar-refractivity contribution in [3.05, 3.63) is 185 Å². The van der Waals surface area contributed by atoms with Crippen LogP contribution in [0.1, 0.15) is 118 Å². The number of carbonyl (C=O) groups is 3. The Morgan fingerprint density at radius 2 is 0.906 bits per heavy atom. The SMILES string of the molecule is CC[C@H](C)CCc1ccc(NC(=O)N2c3nc(-c4cccc(C(F)(F)F)c4)c(C)cc3N3CCC[C@H]2C3)cn1.Cc1cc2c(nc1-c1cccc(C(F)(F)F)c1)N(C(=O)Nc1ccnc(OC[C@@H](C)CO)c1)[C@H]1CCCN2C1.Cc1cc2c(nc1-c1cccc(C(F)(F)F)c1)N(C(=O)Nc1cncc(OC[C@H](C)CO)c1)[C@H]1CCCN2C1. The Morgan fingerprint density at radius 3 is 1.31 bits per heavy atom. The van der Waals surface area contributed by atoms with Crippen LogP contribution in [-0.4, -0.2) is 142 Å². The van der Waals surface area contributed by atoms with Crippen molar-refractivity contribution in [2.24, 2.45) is 17.8 Å². The van der Waals surface area contributed by atoms with Crippen LogP contribution in [0.15, 0.2) is 146 Å². The van der Waals surface area contributed by atoms with E-state index in [9.17, 15) is 64.1 Å². The van der Waals surface area contributed by atoms with Gasteiger partial charge >= 0.3 is 36.6 Å². The molecule has 618 valence electrons. The molecule has 6 bridgehead atoms. The second-order valence-electron chi connectivity index (χ2n) is 30.9. The third-order valence-corrected chi connectivity index (χ3v) is 21.8. The summed E-state index contributed by atoms with van der Waals surface area (Å²) in [5.41, 5.74) is 7.14. The molecular formula is C86H94F9N15O7.